The highest BCUT2D eigenvalue weighted by Crippen LogP contribution is 2.39. The number of rotatable bonds is 3. The Morgan fingerprint density at radius 1 is 1.25 bits per heavy atom. The number of H-pyrrole nitrogens is 1. The summed E-state index contributed by atoms with van der Waals surface area (Å²) in [5.74, 6) is 0.119. The standard InChI is InChI=1S/C16H14F3N3OS/c17-16(18,19)11-5-10(9-3-1-2-4-9)6-12(7-11)21-15-13(8-20)14(23)22-24-15/h5-7,9,21H,1-4H2,(H,22,23). The van der Waals surface area contributed by atoms with Crippen LogP contribution < -0.4 is 10.9 Å². The van der Waals surface area contributed by atoms with Crippen LogP contribution in [0.25, 0.3) is 0 Å². The Bertz CT molecular complexity index is 841. The zero-order valence-corrected chi connectivity index (χ0v) is 13.4. The summed E-state index contributed by atoms with van der Waals surface area (Å²) in [5.41, 5.74) is -0.520. The van der Waals surface area contributed by atoms with Gasteiger partial charge in [-0.05, 0) is 54.1 Å². The quantitative estimate of drug-likeness (QED) is 0.838. The van der Waals surface area contributed by atoms with Crippen molar-refractivity contribution < 1.29 is 13.2 Å². The summed E-state index contributed by atoms with van der Waals surface area (Å²) in [6.07, 6.45) is -0.666. The van der Waals surface area contributed by atoms with Crippen LogP contribution in [0.5, 0.6) is 0 Å². The van der Waals surface area contributed by atoms with E-state index in [1.165, 1.54) is 6.07 Å². The van der Waals surface area contributed by atoms with Crippen LogP contribution >= 0.6 is 11.5 Å². The average Bonchev–Trinajstić information content (AvgIpc) is 3.16. The van der Waals surface area contributed by atoms with Crippen molar-refractivity contribution in [2.45, 2.75) is 37.8 Å². The molecule has 1 aromatic heterocycles. The number of halogens is 3. The molecule has 0 radical (unpaired) electrons. The molecule has 0 saturated heterocycles. The van der Waals surface area contributed by atoms with Gasteiger partial charge in [0.2, 0.25) is 0 Å². The molecule has 1 aliphatic rings. The average molecular weight is 353 g/mol. The first-order valence-corrected chi connectivity index (χ1v) is 8.31. The molecule has 2 N–H and O–H groups in total. The molecule has 3 rings (SSSR count). The molecule has 0 aliphatic heterocycles. The fourth-order valence-electron chi connectivity index (χ4n) is 3.01. The minimum absolute atomic E-state index is 0.119. The van der Waals surface area contributed by atoms with Crippen molar-refractivity contribution in [1.82, 2.24) is 4.37 Å². The molecule has 0 spiro atoms. The topological polar surface area (TPSA) is 68.7 Å². The van der Waals surface area contributed by atoms with Gasteiger partial charge in [0, 0.05) is 5.69 Å². The highest BCUT2D eigenvalue weighted by molar-refractivity contribution is 7.10. The minimum Gasteiger partial charge on any atom is -0.345 e. The molecule has 4 nitrogen and oxygen atoms in total. The Kier molecular flexibility index (Phi) is 4.37. The van der Waals surface area contributed by atoms with Gasteiger partial charge in [0.15, 0.2) is 5.56 Å². The summed E-state index contributed by atoms with van der Waals surface area (Å²) >= 11 is 0.895. The molecule has 1 aliphatic carbocycles. The van der Waals surface area contributed by atoms with Gasteiger partial charge < -0.3 is 5.32 Å². The maximum atomic E-state index is 13.2. The van der Waals surface area contributed by atoms with Crippen molar-refractivity contribution >= 4 is 22.2 Å². The summed E-state index contributed by atoms with van der Waals surface area (Å²) in [5, 5.41) is 12.0. The third kappa shape index (κ3) is 3.31. The minimum atomic E-state index is -4.45. The number of aromatic nitrogens is 1. The second-order valence-corrected chi connectivity index (χ2v) is 6.61. The Morgan fingerprint density at radius 2 is 1.96 bits per heavy atom. The molecular formula is C16H14F3N3OS. The highest BCUT2D eigenvalue weighted by atomic mass is 32.1. The van der Waals surface area contributed by atoms with E-state index in [2.05, 4.69) is 9.69 Å². The largest absolute Gasteiger partial charge is 0.416 e. The molecule has 1 heterocycles. The van der Waals surface area contributed by atoms with Crippen LogP contribution in [-0.2, 0) is 6.18 Å². The molecule has 24 heavy (non-hydrogen) atoms. The summed E-state index contributed by atoms with van der Waals surface area (Å²) in [6, 6.07) is 5.64. The Labute approximate surface area is 140 Å². The lowest BCUT2D eigenvalue weighted by molar-refractivity contribution is -0.137. The number of benzene rings is 1. The van der Waals surface area contributed by atoms with E-state index in [-0.39, 0.29) is 22.2 Å². The molecule has 126 valence electrons. The molecular weight excluding hydrogens is 339 g/mol. The van der Waals surface area contributed by atoms with Crippen LogP contribution in [-0.4, -0.2) is 4.37 Å². The lowest BCUT2D eigenvalue weighted by Crippen LogP contribution is -2.08. The van der Waals surface area contributed by atoms with Crippen molar-refractivity contribution in [3.63, 3.8) is 0 Å². The summed E-state index contributed by atoms with van der Waals surface area (Å²) in [4.78, 5) is 11.5. The monoisotopic (exact) mass is 353 g/mol. The van der Waals surface area contributed by atoms with Gasteiger partial charge in [0.05, 0.1) is 5.56 Å². The smallest absolute Gasteiger partial charge is 0.345 e. The van der Waals surface area contributed by atoms with Crippen molar-refractivity contribution in [2.24, 2.45) is 0 Å². The van der Waals surface area contributed by atoms with Crippen molar-refractivity contribution in [2.75, 3.05) is 5.32 Å². The molecule has 0 amide bonds. The molecule has 2 aromatic rings. The van der Waals surface area contributed by atoms with Crippen molar-refractivity contribution in [3.05, 3.63) is 45.2 Å². The van der Waals surface area contributed by atoms with Gasteiger partial charge in [-0.2, -0.15) is 18.4 Å². The molecule has 1 saturated carbocycles. The fraction of sp³-hybridized carbons (Fsp3) is 0.375. The lowest BCUT2D eigenvalue weighted by atomic mass is 9.95. The zero-order chi connectivity index (χ0) is 17.3. The molecule has 0 bridgehead atoms. The van der Waals surface area contributed by atoms with Gasteiger partial charge in [-0.3, -0.25) is 9.17 Å². The summed E-state index contributed by atoms with van der Waals surface area (Å²) in [6.45, 7) is 0. The van der Waals surface area contributed by atoms with Gasteiger partial charge in [-0.1, -0.05) is 12.8 Å². The normalized spacial score (nSPS) is 15.4. The van der Waals surface area contributed by atoms with E-state index in [0.29, 0.717) is 5.56 Å². The van der Waals surface area contributed by atoms with Gasteiger partial charge in [0.1, 0.15) is 11.1 Å². The maximum absolute atomic E-state index is 13.2. The lowest BCUT2D eigenvalue weighted by Gasteiger charge is -2.16. The maximum Gasteiger partial charge on any atom is 0.416 e. The first kappa shape index (κ1) is 16.6. The van der Waals surface area contributed by atoms with Crippen LogP contribution in [0, 0.1) is 11.3 Å². The van der Waals surface area contributed by atoms with Crippen LogP contribution in [0.1, 0.15) is 48.3 Å². The molecule has 8 heteroatoms. The van der Waals surface area contributed by atoms with E-state index < -0.39 is 17.3 Å². The van der Waals surface area contributed by atoms with E-state index in [1.807, 2.05) is 0 Å². The van der Waals surface area contributed by atoms with E-state index >= 15 is 0 Å². The van der Waals surface area contributed by atoms with Crippen LogP contribution in [0.4, 0.5) is 23.9 Å². The Balaban J connectivity index is 2.01. The number of hydrogen-bond acceptors (Lipinski definition) is 4. The Hall–Kier alpha value is -2.27. The number of anilines is 2. The predicted molar refractivity (Wildman–Crippen MR) is 85.6 cm³/mol. The van der Waals surface area contributed by atoms with Crippen molar-refractivity contribution in [1.29, 1.82) is 5.26 Å². The molecule has 0 atom stereocenters. The third-order valence-corrected chi connectivity index (χ3v) is 4.98. The number of nitriles is 1. The fourth-order valence-corrected chi connectivity index (χ4v) is 3.71. The Morgan fingerprint density at radius 3 is 2.58 bits per heavy atom. The third-order valence-electron chi connectivity index (χ3n) is 4.18. The van der Waals surface area contributed by atoms with E-state index in [4.69, 9.17) is 5.26 Å². The number of alkyl halides is 3. The highest BCUT2D eigenvalue weighted by Gasteiger charge is 2.32. The van der Waals surface area contributed by atoms with E-state index in [0.717, 1.165) is 43.3 Å². The van der Waals surface area contributed by atoms with E-state index in [9.17, 15) is 18.0 Å². The molecule has 1 fully saturated rings. The van der Waals surface area contributed by atoms with Crippen LogP contribution in [0.3, 0.4) is 0 Å². The second kappa shape index (κ2) is 6.32. The summed E-state index contributed by atoms with van der Waals surface area (Å²) < 4.78 is 42.0. The van der Waals surface area contributed by atoms with Crippen LogP contribution in [0.15, 0.2) is 23.0 Å². The first-order chi connectivity index (χ1) is 11.4. The van der Waals surface area contributed by atoms with Gasteiger partial charge >= 0.3 is 6.18 Å². The van der Waals surface area contributed by atoms with Gasteiger partial charge in [-0.25, -0.2) is 0 Å². The number of nitrogens with zero attached hydrogens (tertiary/aromatic N) is 1. The zero-order valence-electron chi connectivity index (χ0n) is 12.5. The van der Waals surface area contributed by atoms with E-state index in [1.54, 1.807) is 12.1 Å². The number of hydrogen-bond donors (Lipinski definition) is 2. The number of nitrogens with one attached hydrogen (secondary N) is 2. The molecule has 1 aromatic carbocycles. The van der Waals surface area contributed by atoms with Gasteiger partial charge in [0.25, 0.3) is 5.56 Å². The van der Waals surface area contributed by atoms with Gasteiger partial charge in [-0.15, -0.1) is 0 Å². The van der Waals surface area contributed by atoms with Crippen molar-refractivity contribution in [3.8, 4) is 6.07 Å². The van der Waals surface area contributed by atoms with Crippen LogP contribution in [0.2, 0.25) is 0 Å². The SMILES string of the molecule is N#Cc1c(Nc2cc(C3CCCC3)cc(C(F)(F)F)c2)s[nH]c1=O. The summed E-state index contributed by atoms with van der Waals surface area (Å²) in [7, 11) is 0. The first-order valence-electron chi connectivity index (χ1n) is 7.49. The number of aromatic amines is 1. The predicted octanol–water partition coefficient (Wildman–Crippen LogP) is 4.73. The second-order valence-electron chi connectivity index (χ2n) is 5.80. The molecule has 0 unspecified atom stereocenters.